The number of methoxy groups -OCH3 is 1. The summed E-state index contributed by atoms with van der Waals surface area (Å²) in [5.74, 6) is -2.41. The van der Waals surface area contributed by atoms with Crippen molar-refractivity contribution in [3.8, 4) is 11.5 Å². The maximum atomic E-state index is 12.5. The van der Waals surface area contributed by atoms with Crippen molar-refractivity contribution in [3.63, 3.8) is 0 Å². The summed E-state index contributed by atoms with van der Waals surface area (Å²) >= 11 is 0. The third-order valence-corrected chi connectivity index (χ3v) is 7.28. The molecule has 4 heterocycles. The van der Waals surface area contributed by atoms with Gasteiger partial charge in [0.15, 0.2) is 23.9 Å². The third-order valence-electron chi connectivity index (χ3n) is 7.28. The molecule has 0 saturated carbocycles. The molecule has 0 bridgehead atoms. The van der Waals surface area contributed by atoms with E-state index in [0.717, 1.165) is 12.3 Å². The number of aliphatic hydroxyl groups excluding tert-OH is 3. The summed E-state index contributed by atoms with van der Waals surface area (Å²) in [4.78, 5) is 24.7. The van der Waals surface area contributed by atoms with E-state index in [1.54, 1.807) is 0 Å². The van der Waals surface area contributed by atoms with Crippen LogP contribution in [0.3, 0.4) is 0 Å². The van der Waals surface area contributed by atoms with Gasteiger partial charge in [0.2, 0.25) is 6.29 Å². The third kappa shape index (κ3) is 5.39. The van der Waals surface area contributed by atoms with Gasteiger partial charge in [-0.05, 0) is 23.8 Å². The average Bonchev–Trinajstić information content (AvgIpc) is 3.77. The first-order valence-corrected chi connectivity index (χ1v) is 12.6. The molecular weight excluding hydrogens is 536 g/mol. The molecule has 4 aliphatic heterocycles. The van der Waals surface area contributed by atoms with Crippen molar-refractivity contribution in [2.24, 2.45) is 5.92 Å². The summed E-state index contributed by atoms with van der Waals surface area (Å²) in [6.07, 6.45) is -6.08. The topological polar surface area (TPSA) is 203 Å². The Kier molecular flexibility index (Phi) is 8.01. The minimum Gasteiger partial charge on any atom is -0.504 e. The van der Waals surface area contributed by atoms with Gasteiger partial charge in [0.25, 0.3) is 0 Å². The smallest absolute Gasteiger partial charge is 0.340 e. The predicted octanol–water partition coefficient (Wildman–Crippen LogP) is -1.29. The quantitative estimate of drug-likeness (QED) is 0.141. The molecule has 0 amide bonds. The van der Waals surface area contributed by atoms with Crippen LogP contribution in [0.15, 0.2) is 36.1 Å². The van der Waals surface area contributed by atoms with Gasteiger partial charge in [-0.3, -0.25) is 0 Å². The Hall–Kier alpha value is -3.24. The number of hydrogen-bond donors (Lipinski definition) is 5. The molecule has 14 heteroatoms. The van der Waals surface area contributed by atoms with Gasteiger partial charge < -0.3 is 58.7 Å². The Bertz CT molecular complexity index is 1180. The number of carbonyl (C=O) groups excluding carboxylic acids is 2. The normalized spacial score (nSPS) is 37.1. The number of phenolic OH excluding ortho intramolecular Hbond substituents is 1. The zero-order valence-electron chi connectivity index (χ0n) is 21.3. The molecule has 0 aliphatic carbocycles. The van der Waals surface area contributed by atoms with Crippen LogP contribution in [0.25, 0.3) is 6.08 Å². The van der Waals surface area contributed by atoms with Gasteiger partial charge in [-0.1, -0.05) is 6.07 Å². The molecule has 0 spiro atoms. The zero-order chi connectivity index (χ0) is 28.6. The fourth-order valence-electron chi connectivity index (χ4n) is 5.07. The van der Waals surface area contributed by atoms with E-state index in [9.17, 15) is 35.1 Å². The maximum absolute atomic E-state index is 12.5. The largest absolute Gasteiger partial charge is 0.504 e. The highest BCUT2D eigenvalue weighted by Gasteiger charge is 2.60. The van der Waals surface area contributed by atoms with Crippen molar-refractivity contribution in [1.82, 2.24) is 0 Å². The lowest BCUT2D eigenvalue weighted by atomic mass is 9.74. The molecule has 3 saturated heterocycles. The summed E-state index contributed by atoms with van der Waals surface area (Å²) in [6, 6.07) is 4.39. The second-order valence-electron chi connectivity index (χ2n) is 9.75. The fourth-order valence-corrected chi connectivity index (χ4v) is 5.07. The highest BCUT2D eigenvalue weighted by atomic mass is 16.8. The number of epoxide rings is 1. The van der Waals surface area contributed by atoms with Crippen LogP contribution >= 0.6 is 0 Å². The van der Waals surface area contributed by atoms with Gasteiger partial charge >= 0.3 is 11.9 Å². The summed E-state index contributed by atoms with van der Waals surface area (Å²) < 4.78 is 37.7. The number of cyclic esters (lactones) is 1. The number of benzene rings is 1. The second kappa shape index (κ2) is 11.3. The van der Waals surface area contributed by atoms with Crippen LogP contribution in [-0.2, 0) is 38.0 Å². The van der Waals surface area contributed by atoms with Crippen LogP contribution in [-0.4, -0.2) is 113 Å². The SMILES string of the molecule is COc1cc(C=CC(=O)O[C@@H]2[C@@H](O)[C@@H](O)[C@H](O[C@@H]3OC=C4C(=O)OCC[C@]4(O)[C@H]3[C@@H]3CO3)O[C@@H]2CO)ccc1O. The zero-order valence-corrected chi connectivity index (χ0v) is 21.3. The summed E-state index contributed by atoms with van der Waals surface area (Å²) in [7, 11) is 1.38. The van der Waals surface area contributed by atoms with Crippen molar-refractivity contribution in [1.29, 1.82) is 0 Å². The molecule has 5 rings (SSSR count). The fraction of sp³-hybridized carbons (Fsp3) is 0.538. The van der Waals surface area contributed by atoms with Gasteiger partial charge in [-0.15, -0.1) is 0 Å². The lowest BCUT2D eigenvalue weighted by Crippen LogP contribution is -2.63. The maximum Gasteiger partial charge on any atom is 0.340 e. The lowest BCUT2D eigenvalue weighted by molar-refractivity contribution is -0.348. The Labute approximate surface area is 227 Å². The number of ether oxygens (including phenoxy) is 7. The van der Waals surface area contributed by atoms with Gasteiger partial charge in [0.1, 0.15) is 29.5 Å². The summed E-state index contributed by atoms with van der Waals surface area (Å²) in [6.45, 7) is -0.462. The van der Waals surface area contributed by atoms with E-state index in [-0.39, 0.29) is 36.7 Å². The van der Waals surface area contributed by atoms with Crippen LogP contribution in [0.1, 0.15) is 12.0 Å². The van der Waals surface area contributed by atoms with Gasteiger partial charge in [-0.25, -0.2) is 9.59 Å². The summed E-state index contributed by atoms with van der Waals surface area (Å²) in [5, 5.41) is 52.5. The van der Waals surface area contributed by atoms with Gasteiger partial charge in [0.05, 0.1) is 45.2 Å². The standard InChI is InChI=1S/C26H30O14/c1-34-15-8-12(2-4-14(15)28)3-5-18(29)39-22-16(9-27)38-25(21(31)20(22)30)40-24-19(17-11-36-17)26(33)6-7-35-23(32)13(26)10-37-24/h2-5,8,10,16-17,19-22,24-25,27-28,30-31,33H,6-7,9,11H2,1H3/t16-,17+,19+,20+,21-,22+,24+,25+,26-/m1/s1. The molecular formula is C26H30O14. The molecule has 40 heavy (non-hydrogen) atoms. The molecule has 9 atom stereocenters. The number of aliphatic hydroxyl groups is 4. The number of fused-ring (bicyclic) bond motifs is 1. The number of aromatic hydroxyl groups is 1. The van der Waals surface area contributed by atoms with Gasteiger partial charge in [0, 0.05) is 12.5 Å². The second-order valence-corrected chi connectivity index (χ2v) is 9.75. The van der Waals surface area contributed by atoms with E-state index < -0.39 is 73.2 Å². The molecule has 218 valence electrons. The number of hydrogen-bond acceptors (Lipinski definition) is 14. The first-order valence-electron chi connectivity index (χ1n) is 12.6. The first-order chi connectivity index (χ1) is 19.2. The highest BCUT2D eigenvalue weighted by molar-refractivity contribution is 5.91. The van der Waals surface area contributed by atoms with Crippen LogP contribution in [0.4, 0.5) is 0 Å². The molecule has 4 aliphatic rings. The highest BCUT2D eigenvalue weighted by Crippen LogP contribution is 2.46. The van der Waals surface area contributed by atoms with Crippen molar-refractivity contribution in [2.75, 3.05) is 26.9 Å². The molecule has 5 N–H and O–H groups in total. The number of rotatable bonds is 8. The molecule has 0 radical (unpaired) electrons. The predicted molar refractivity (Wildman–Crippen MR) is 129 cm³/mol. The van der Waals surface area contributed by atoms with Crippen molar-refractivity contribution in [2.45, 2.75) is 55.1 Å². The van der Waals surface area contributed by atoms with E-state index in [4.69, 9.17) is 33.2 Å². The lowest BCUT2D eigenvalue weighted by Gasteiger charge is -2.47. The van der Waals surface area contributed by atoms with E-state index in [2.05, 4.69) is 0 Å². The number of carbonyl (C=O) groups is 2. The molecule has 14 nitrogen and oxygen atoms in total. The average molecular weight is 567 g/mol. The molecule has 3 fully saturated rings. The number of phenols is 1. The molecule has 1 aromatic rings. The summed E-state index contributed by atoms with van der Waals surface area (Å²) in [5.41, 5.74) is -1.26. The van der Waals surface area contributed by atoms with Crippen LogP contribution in [0, 0.1) is 5.92 Å². The molecule has 0 unspecified atom stereocenters. The van der Waals surface area contributed by atoms with E-state index in [1.807, 2.05) is 0 Å². The van der Waals surface area contributed by atoms with Crippen molar-refractivity contribution >= 4 is 18.0 Å². The number of esters is 2. The van der Waals surface area contributed by atoms with Crippen molar-refractivity contribution < 1.29 is 68.3 Å². The van der Waals surface area contributed by atoms with E-state index in [1.165, 1.54) is 31.4 Å². The first kappa shape index (κ1) is 28.3. The van der Waals surface area contributed by atoms with E-state index >= 15 is 0 Å². The van der Waals surface area contributed by atoms with Gasteiger partial charge in [-0.2, -0.15) is 0 Å². The Morgan fingerprint density at radius 3 is 2.70 bits per heavy atom. The van der Waals surface area contributed by atoms with Crippen LogP contribution < -0.4 is 4.74 Å². The minimum absolute atomic E-state index is 0.0295. The Morgan fingerprint density at radius 2 is 2.00 bits per heavy atom. The van der Waals surface area contributed by atoms with Crippen LogP contribution in [0.5, 0.6) is 11.5 Å². The Balaban J connectivity index is 1.26. The van der Waals surface area contributed by atoms with Crippen LogP contribution in [0.2, 0.25) is 0 Å². The van der Waals surface area contributed by atoms with E-state index in [0.29, 0.717) is 5.56 Å². The molecule has 1 aromatic carbocycles. The Morgan fingerprint density at radius 1 is 1.23 bits per heavy atom. The minimum atomic E-state index is -1.76. The molecule has 0 aromatic heterocycles. The van der Waals surface area contributed by atoms with Crippen molar-refractivity contribution in [3.05, 3.63) is 41.7 Å². The monoisotopic (exact) mass is 566 g/mol.